The van der Waals surface area contributed by atoms with Crippen LogP contribution in [0.25, 0.3) is 0 Å². The van der Waals surface area contributed by atoms with Crippen LogP contribution in [-0.2, 0) is 21.4 Å². The Morgan fingerprint density at radius 2 is 1.96 bits per heavy atom. The van der Waals surface area contributed by atoms with E-state index < -0.39 is 10.0 Å². The van der Waals surface area contributed by atoms with Gasteiger partial charge in [-0.3, -0.25) is 9.69 Å². The van der Waals surface area contributed by atoms with Crippen molar-refractivity contribution in [2.24, 2.45) is 0 Å². The largest absolute Gasteiger partial charge is 0.325 e. The number of piperidine rings is 1. The smallest absolute Gasteiger partial charge is 0.243 e. The summed E-state index contributed by atoms with van der Waals surface area (Å²) in [5.41, 5.74) is 2.37. The third kappa shape index (κ3) is 5.20. The Balaban J connectivity index is 1.67. The lowest BCUT2D eigenvalue weighted by Crippen LogP contribution is -2.36. The summed E-state index contributed by atoms with van der Waals surface area (Å²) < 4.78 is 27.6. The maximum atomic E-state index is 13.0. The fourth-order valence-electron chi connectivity index (χ4n) is 3.40. The molecular formula is C20H27N3O3S2. The van der Waals surface area contributed by atoms with E-state index in [0.29, 0.717) is 30.9 Å². The van der Waals surface area contributed by atoms with Crippen LogP contribution in [0.3, 0.4) is 0 Å². The highest BCUT2D eigenvalue weighted by Crippen LogP contribution is 2.26. The minimum atomic E-state index is -3.54. The van der Waals surface area contributed by atoms with Gasteiger partial charge in [-0.1, -0.05) is 12.5 Å². The zero-order valence-corrected chi connectivity index (χ0v) is 18.0. The molecule has 28 heavy (non-hydrogen) atoms. The zero-order valence-electron chi connectivity index (χ0n) is 16.3. The first-order valence-corrected chi connectivity index (χ1v) is 11.8. The van der Waals surface area contributed by atoms with E-state index in [4.69, 9.17) is 0 Å². The molecule has 0 bridgehead atoms. The third-order valence-electron chi connectivity index (χ3n) is 4.85. The molecule has 0 radical (unpaired) electrons. The Labute approximate surface area is 171 Å². The maximum Gasteiger partial charge on any atom is 0.243 e. The van der Waals surface area contributed by atoms with E-state index in [9.17, 15) is 13.2 Å². The number of amides is 1. The standard InChI is InChI=1S/C20H27N3O3S2/c1-16-6-7-18(12-19(16)28(25,26)23-9-4-3-5-10-23)21-20(24)14-22(2)13-17-8-11-27-15-17/h6-8,11-12,15H,3-5,9-10,13-14H2,1-2H3,(H,21,24). The Morgan fingerprint density at radius 1 is 1.21 bits per heavy atom. The molecule has 1 amide bonds. The van der Waals surface area contributed by atoms with Crippen LogP contribution in [0.2, 0.25) is 0 Å². The minimum Gasteiger partial charge on any atom is -0.325 e. The molecule has 8 heteroatoms. The van der Waals surface area contributed by atoms with Gasteiger partial charge in [0.25, 0.3) is 0 Å². The van der Waals surface area contributed by atoms with Crippen molar-refractivity contribution in [3.63, 3.8) is 0 Å². The van der Waals surface area contributed by atoms with E-state index in [-0.39, 0.29) is 17.3 Å². The van der Waals surface area contributed by atoms with Crippen LogP contribution >= 0.6 is 11.3 Å². The van der Waals surface area contributed by atoms with Gasteiger partial charge in [0.1, 0.15) is 0 Å². The molecule has 1 aliphatic heterocycles. The molecule has 1 aliphatic rings. The van der Waals surface area contributed by atoms with Crippen LogP contribution in [0.15, 0.2) is 39.9 Å². The Morgan fingerprint density at radius 3 is 2.64 bits per heavy atom. The van der Waals surface area contributed by atoms with E-state index in [2.05, 4.69) is 10.7 Å². The quantitative estimate of drug-likeness (QED) is 0.745. The topological polar surface area (TPSA) is 69.7 Å². The van der Waals surface area contributed by atoms with E-state index in [1.165, 1.54) is 5.56 Å². The molecule has 1 aromatic carbocycles. The summed E-state index contributed by atoms with van der Waals surface area (Å²) in [6, 6.07) is 7.12. The van der Waals surface area contributed by atoms with Crippen LogP contribution < -0.4 is 5.32 Å². The number of aryl methyl sites for hydroxylation is 1. The highest BCUT2D eigenvalue weighted by Gasteiger charge is 2.27. The fourth-order valence-corrected chi connectivity index (χ4v) is 5.82. The molecule has 2 heterocycles. The first-order chi connectivity index (χ1) is 13.4. The van der Waals surface area contributed by atoms with Crippen molar-refractivity contribution in [3.05, 3.63) is 46.2 Å². The number of sulfonamides is 1. The molecule has 1 N–H and O–H groups in total. The molecule has 152 valence electrons. The Kier molecular flexibility index (Phi) is 6.87. The van der Waals surface area contributed by atoms with Crippen LogP contribution in [0.4, 0.5) is 5.69 Å². The molecule has 6 nitrogen and oxygen atoms in total. The summed E-state index contributed by atoms with van der Waals surface area (Å²) in [6.07, 6.45) is 2.86. The number of hydrogen-bond donors (Lipinski definition) is 1. The number of thiophene rings is 1. The van der Waals surface area contributed by atoms with Gasteiger partial charge in [-0.15, -0.1) is 0 Å². The second-order valence-corrected chi connectivity index (χ2v) is 9.98. The predicted octanol–water partition coefficient (Wildman–Crippen LogP) is 3.30. The minimum absolute atomic E-state index is 0.164. The number of rotatable bonds is 7. The summed E-state index contributed by atoms with van der Waals surface area (Å²) in [7, 11) is -1.65. The molecule has 0 saturated carbocycles. The van der Waals surface area contributed by atoms with Gasteiger partial charge in [-0.05, 0) is 66.9 Å². The van der Waals surface area contributed by atoms with Crippen molar-refractivity contribution in [2.45, 2.75) is 37.6 Å². The highest BCUT2D eigenvalue weighted by atomic mass is 32.2. The summed E-state index contributed by atoms with van der Waals surface area (Å²) in [5.74, 6) is -0.164. The summed E-state index contributed by atoms with van der Waals surface area (Å²) >= 11 is 1.63. The van der Waals surface area contributed by atoms with Crippen LogP contribution in [0.1, 0.15) is 30.4 Å². The number of likely N-dealkylation sites (N-methyl/N-ethyl adjacent to an activating group) is 1. The van der Waals surface area contributed by atoms with Gasteiger partial charge in [0.15, 0.2) is 0 Å². The molecule has 1 aromatic heterocycles. The monoisotopic (exact) mass is 421 g/mol. The zero-order chi connectivity index (χ0) is 20.1. The van der Waals surface area contributed by atoms with Gasteiger partial charge in [0.2, 0.25) is 15.9 Å². The first kappa shape index (κ1) is 21.0. The SMILES string of the molecule is Cc1ccc(NC(=O)CN(C)Cc2ccsc2)cc1S(=O)(=O)N1CCCCC1. The van der Waals surface area contributed by atoms with E-state index in [1.54, 1.807) is 40.8 Å². The highest BCUT2D eigenvalue weighted by molar-refractivity contribution is 7.89. The van der Waals surface area contributed by atoms with Crippen molar-refractivity contribution < 1.29 is 13.2 Å². The number of nitrogens with zero attached hydrogens (tertiary/aromatic N) is 2. The second-order valence-electron chi connectivity index (χ2n) is 7.30. The van der Waals surface area contributed by atoms with Gasteiger partial charge in [0.05, 0.1) is 11.4 Å². The number of anilines is 1. The molecular weight excluding hydrogens is 394 g/mol. The molecule has 2 aromatic rings. The predicted molar refractivity (Wildman–Crippen MR) is 113 cm³/mol. The van der Waals surface area contributed by atoms with Gasteiger partial charge < -0.3 is 5.32 Å². The summed E-state index contributed by atoms with van der Waals surface area (Å²) in [4.78, 5) is 14.6. The average Bonchev–Trinajstić information content (AvgIpc) is 3.16. The molecule has 0 spiro atoms. The normalized spacial score (nSPS) is 15.7. The lowest BCUT2D eigenvalue weighted by Gasteiger charge is -2.26. The average molecular weight is 422 g/mol. The summed E-state index contributed by atoms with van der Waals surface area (Å²) in [6.45, 7) is 3.84. The molecule has 1 saturated heterocycles. The van der Waals surface area contributed by atoms with Crippen LogP contribution in [0, 0.1) is 6.92 Å². The third-order valence-corrected chi connectivity index (χ3v) is 7.62. The lowest BCUT2D eigenvalue weighted by atomic mass is 10.2. The number of nitrogens with one attached hydrogen (secondary N) is 1. The van der Waals surface area contributed by atoms with Crippen molar-refractivity contribution in [3.8, 4) is 0 Å². The lowest BCUT2D eigenvalue weighted by molar-refractivity contribution is -0.117. The van der Waals surface area contributed by atoms with E-state index in [0.717, 1.165) is 19.3 Å². The first-order valence-electron chi connectivity index (χ1n) is 9.46. The Bertz CT molecular complexity index is 905. The van der Waals surface area contributed by atoms with Crippen LogP contribution in [0.5, 0.6) is 0 Å². The van der Waals surface area contributed by atoms with Crippen molar-refractivity contribution in [1.82, 2.24) is 9.21 Å². The molecule has 0 atom stereocenters. The summed E-state index contributed by atoms with van der Waals surface area (Å²) in [5, 5.41) is 6.91. The van der Waals surface area contributed by atoms with E-state index >= 15 is 0 Å². The Hall–Kier alpha value is -1.74. The number of carbonyl (C=O) groups excluding carboxylic acids is 1. The van der Waals surface area contributed by atoms with Crippen LogP contribution in [-0.4, -0.2) is 50.2 Å². The molecule has 0 unspecified atom stereocenters. The van der Waals surface area contributed by atoms with Crippen molar-refractivity contribution in [2.75, 3.05) is 32.0 Å². The number of hydrogen-bond acceptors (Lipinski definition) is 5. The van der Waals surface area contributed by atoms with Gasteiger partial charge in [-0.2, -0.15) is 15.6 Å². The number of carbonyl (C=O) groups is 1. The van der Waals surface area contributed by atoms with Gasteiger partial charge >= 0.3 is 0 Å². The fraction of sp³-hybridized carbons (Fsp3) is 0.450. The van der Waals surface area contributed by atoms with E-state index in [1.807, 2.05) is 23.4 Å². The molecule has 0 aliphatic carbocycles. The molecule has 3 rings (SSSR count). The van der Waals surface area contributed by atoms with Crippen molar-refractivity contribution in [1.29, 1.82) is 0 Å². The van der Waals surface area contributed by atoms with Gasteiger partial charge in [-0.25, -0.2) is 8.42 Å². The van der Waals surface area contributed by atoms with Gasteiger partial charge in [0, 0.05) is 25.3 Å². The second kappa shape index (κ2) is 9.17. The number of benzene rings is 1. The molecule has 1 fully saturated rings. The van der Waals surface area contributed by atoms with Crippen molar-refractivity contribution >= 4 is 33.0 Å². The maximum absolute atomic E-state index is 13.0.